The van der Waals surface area contributed by atoms with E-state index in [-0.39, 0.29) is 12.5 Å². The summed E-state index contributed by atoms with van der Waals surface area (Å²) in [5.41, 5.74) is 0. The first-order valence-corrected chi connectivity index (χ1v) is 6.30. The quantitative estimate of drug-likeness (QED) is 0.522. The minimum Gasteiger partial charge on any atom is -0.481 e. The fourth-order valence-electron chi connectivity index (χ4n) is 1.36. The number of carboxylic acid groups (broad SMARTS) is 1. The lowest BCUT2D eigenvalue weighted by Crippen LogP contribution is -2.50. The molecule has 0 aromatic heterocycles. The SMILES string of the molecule is COCCNC(=O)C(C)NC(=O)N(C)CC(C)C(=O)O. The maximum absolute atomic E-state index is 11.8. The van der Waals surface area contributed by atoms with Crippen molar-refractivity contribution in [2.24, 2.45) is 5.92 Å². The van der Waals surface area contributed by atoms with Crippen LogP contribution in [0.5, 0.6) is 0 Å². The number of carbonyl (C=O) groups is 3. The zero-order valence-electron chi connectivity index (χ0n) is 12.3. The van der Waals surface area contributed by atoms with E-state index < -0.39 is 24.0 Å². The fraction of sp³-hybridized carbons (Fsp3) is 0.750. The van der Waals surface area contributed by atoms with Crippen LogP contribution in [0.15, 0.2) is 0 Å². The lowest BCUT2D eigenvalue weighted by Gasteiger charge is -2.22. The van der Waals surface area contributed by atoms with E-state index in [2.05, 4.69) is 10.6 Å². The first kappa shape index (κ1) is 18.2. The molecule has 0 spiro atoms. The molecule has 8 heteroatoms. The van der Waals surface area contributed by atoms with Crippen LogP contribution >= 0.6 is 0 Å². The van der Waals surface area contributed by atoms with Crippen molar-refractivity contribution in [1.29, 1.82) is 0 Å². The number of ether oxygens (including phenoxy) is 1. The molecule has 0 aliphatic carbocycles. The monoisotopic (exact) mass is 289 g/mol. The highest BCUT2D eigenvalue weighted by atomic mass is 16.5. The zero-order valence-corrected chi connectivity index (χ0v) is 12.3. The topological polar surface area (TPSA) is 108 Å². The van der Waals surface area contributed by atoms with Crippen molar-refractivity contribution in [1.82, 2.24) is 15.5 Å². The number of rotatable bonds is 8. The van der Waals surface area contributed by atoms with Gasteiger partial charge in [-0.2, -0.15) is 0 Å². The third-order valence-corrected chi connectivity index (χ3v) is 2.65. The summed E-state index contributed by atoms with van der Waals surface area (Å²) in [6, 6.07) is -1.20. The Morgan fingerprint density at radius 1 is 1.30 bits per heavy atom. The molecule has 0 aliphatic rings. The summed E-state index contributed by atoms with van der Waals surface area (Å²) in [7, 11) is 3.00. The summed E-state index contributed by atoms with van der Waals surface area (Å²) in [5.74, 6) is -1.97. The van der Waals surface area contributed by atoms with Crippen LogP contribution in [0.1, 0.15) is 13.8 Å². The second-order valence-electron chi connectivity index (χ2n) is 4.57. The normalized spacial score (nSPS) is 13.2. The molecule has 2 atom stereocenters. The van der Waals surface area contributed by atoms with E-state index in [4.69, 9.17) is 9.84 Å². The standard InChI is InChI=1S/C12H23N3O5/c1-8(11(17)18)7-15(3)12(19)14-9(2)10(16)13-5-6-20-4/h8-9H,5-7H2,1-4H3,(H,13,16)(H,14,19)(H,17,18). The molecule has 0 heterocycles. The van der Waals surface area contributed by atoms with Gasteiger partial charge >= 0.3 is 12.0 Å². The molecule has 0 aromatic rings. The molecule has 8 nitrogen and oxygen atoms in total. The third kappa shape index (κ3) is 6.93. The van der Waals surface area contributed by atoms with Crippen LogP contribution in [0.25, 0.3) is 0 Å². The Morgan fingerprint density at radius 3 is 2.40 bits per heavy atom. The number of nitrogens with one attached hydrogen (secondary N) is 2. The maximum Gasteiger partial charge on any atom is 0.317 e. The van der Waals surface area contributed by atoms with E-state index in [1.54, 1.807) is 6.92 Å². The van der Waals surface area contributed by atoms with Crippen molar-refractivity contribution in [3.63, 3.8) is 0 Å². The van der Waals surface area contributed by atoms with E-state index in [0.29, 0.717) is 13.2 Å². The van der Waals surface area contributed by atoms with E-state index >= 15 is 0 Å². The predicted molar refractivity (Wildman–Crippen MR) is 72.3 cm³/mol. The Kier molecular flexibility index (Phi) is 8.30. The zero-order chi connectivity index (χ0) is 15.7. The van der Waals surface area contributed by atoms with E-state index in [1.165, 1.54) is 26.0 Å². The van der Waals surface area contributed by atoms with Gasteiger partial charge in [-0.3, -0.25) is 9.59 Å². The molecule has 3 N–H and O–H groups in total. The Balaban J connectivity index is 4.17. The molecule has 0 rings (SSSR count). The van der Waals surface area contributed by atoms with Gasteiger partial charge in [0.05, 0.1) is 12.5 Å². The Hall–Kier alpha value is -1.83. The first-order valence-electron chi connectivity index (χ1n) is 6.30. The molecule has 3 amide bonds. The Labute approximate surface area is 118 Å². The molecule has 0 saturated heterocycles. The van der Waals surface area contributed by atoms with Crippen molar-refractivity contribution in [2.75, 3.05) is 33.9 Å². The lowest BCUT2D eigenvalue weighted by molar-refractivity contribution is -0.141. The summed E-state index contributed by atoms with van der Waals surface area (Å²) in [6.45, 7) is 3.88. The average Bonchev–Trinajstić information content (AvgIpc) is 2.38. The van der Waals surface area contributed by atoms with Gasteiger partial charge in [0.1, 0.15) is 6.04 Å². The second kappa shape index (κ2) is 9.13. The van der Waals surface area contributed by atoms with Gasteiger partial charge in [-0.15, -0.1) is 0 Å². The largest absolute Gasteiger partial charge is 0.481 e. The molecule has 0 aromatic carbocycles. The van der Waals surface area contributed by atoms with Gasteiger partial charge < -0.3 is 25.4 Å². The van der Waals surface area contributed by atoms with Crippen molar-refractivity contribution in [3.05, 3.63) is 0 Å². The summed E-state index contributed by atoms with van der Waals surface area (Å²) >= 11 is 0. The van der Waals surface area contributed by atoms with E-state index in [1.807, 2.05) is 0 Å². The van der Waals surface area contributed by atoms with Crippen LogP contribution in [0.2, 0.25) is 0 Å². The molecule has 0 aliphatic heterocycles. The smallest absolute Gasteiger partial charge is 0.317 e. The van der Waals surface area contributed by atoms with Crippen LogP contribution in [0.4, 0.5) is 4.79 Å². The fourth-order valence-corrected chi connectivity index (χ4v) is 1.36. The minimum absolute atomic E-state index is 0.0686. The van der Waals surface area contributed by atoms with Gasteiger partial charge in [0.25, 0.3) is 0 Å². The summed E-state index contributed by atoms with van der Waals surface area (Å²) in [6.07, 6.45) is 0. The summed E-state index contributed by atoms with van der Waals surface area (Å²) in [5, 5.41) is 13.9. The Bertz CT molecular complexity index is 348. The van der Waals surface area contributed by atoms with Crippen molar-refractivity contribution < 1.29 is 24.2 Å². The number of hydrogen-bond acceptors (Lipinski definition) is 4. The third-order valence-electron chi connectivity index (χ3n) is 2.65. The number of carboxylic acids is 1. The van der Waals surface area contributed by atoms with Gasteiger partial charge in [0, 0.05) is 27.2 Å². The molecule has 0 fully saturated rings. The molecule has 20 heavy (non-hydrogen) atoms. The van der Waals surface area contributed by atoms with Gasteiger partial charge in [-0.05, 0) is 6.92 Å². The Morgan fingerprint density at radius 2 is 1.90 bits per heavy atom. The number of urea groups is 1. The molecular weight excluding hydrogens is 266 g/mol. The second-order valence-corrected chi connectivity index (χ2v) is 4.57. The highest BCUT2D eigenvalue weighted by molar-refractivity contribution is 5.86. The number of nitrogens with zero attached hydrogens (tertiary/aromatic N) is 1. The van der Waals surface area contributed by atoms with E-state index in [0.717, 1.165) is 0 Å². The maximum atomic E-state index is 11.8. The molecular formula is C12H23N3O5. The minimum atomic E-state index is -0.977. The van der Waals surface area contributed by atoms with Gasteiger partial charge in [0.15, 0.2) is 0 Å². The summed E-state index contributed by atoms with van der Waals surface area (Å²) in [4.78, 5) is 35.3. The van der Waals surface area contributed by atoms with Crippen molar-refractivity contribution in [3.8, 4) is 0 Å². The number of carbonyl (C=O) groups excluding carboxylic acids is 2. The highest BCUT2D eigenvalue weighted by Gasteiger charge is 2.20. The van der Waals surface area contributed by atoms with E-state index in [9.17, 15) is 14.4 Å². The summed E-state index contributed by atoms with van der Waals surface area (Å²) < 4.78 is 4.79. The van der Waals surface area contributed by atoms with Crippen LogP contribution in [-0.4, -0.2) is 67.8 Å². The number of aliphatic carboxylic acids is 1. The van der Waals surface area contributed by atoms with Crippen LogP contribution in [-0.2, 0) is 14.3 Å². The van der Waals surface area contributed by atoms with Gasteiger partial charge in [-0.25, -0.2) is 4.79 Å². The average molecular weight is 289 g/mol. The predicted octanol–water partition coefficient (Wildman–Crippen LogP) is -0.500. The molecule has 0 bridgehead atoms. The van der Waals surface area contributed by atoms with Crippen LogP contribution in [0.3, 0.4) is 0 Å². The van der Waals surface area contributed by atoms with Crippen LogP contribution < -0.4 is 10.6 Å². The van der Waals surface area contributed by atoms with Gasteiger partial charge in [-0.1, -0.05) is 6.92 Å². The molecule has 0 radical (unpaired) electrons. The number of amides is 3. The lowest BCUT2D eigenvalue weighted by atomic mass is 10.2. The van der Waals surface area contributed by atoms with Gasteiger partial charge in [0.2, 0.25) is 5.91 Å². The molecule has 0 saturated carbocycles. The molecule has 116 valence electrons. The highest BCUT2D eigenvalue weighted by Crippen LogP contribution is 1.99. The number of hydrogen-bond donors (Lipinski definition) is 3. The van der Waals surface area contributed by atoms with Crippen molar-refractivity contribution in [2.45, 2.75) is 19.9 Å². The van der Waals surface area contributed by atoms with Crippen LogP contribution in [0, 0.1) is 5.92 Å². The van der Waals surface area contributed by atoms with Crippen molar-refractivity contribution >= 4 is 17.9 Å². The molecule has 2 unspecified atom stereocenters. The number of methoxy groups -OCH3 is 1. The first-order chi connectivity index (χ1) is 9.29.